The summed E-state index contributed by atoms with van der Waals surface area (Å²) in [5.41, 5.74) is 0.603. The van der Waals surface area contributed by atoms with Gasteiger partial charge < -0.3 is 21.4 Å². The van der Waals surface area contributed by atoms with Gasteiger partial charge in [0, 0.05) is 25.6 Å². The highest BCUT2D eigenvalue weighted by Gasteiger charge is 2.27. The number of hydrogen-bond acceptors (Lipinski definition) is 7. The highest BCUT2D eigenvalue weighted by molar-refractivity contribution is 7.90. The minimum Gasteiger partial charge on any atom is -0.350 e. The molecule has 1 aromatic carbocycles. The summed E-state index contributed by atoms with van der Waals surface area (Å²) in [6.45, 7) is 1.60. The molecule has 0 aliphatic rings. The molecule has 0 aromatic heterocycles. The summed E-state index contributed by atoms with van der Waals surface area (Å²) in [6, 6.07) is 3.03. The Morgan fingerprint density at radius 3 is 2.18 bits per heavy atom. The fraction of sp³-hybridized carbons (Fsp3) is 0.476. The van der Waals surface area contributed by atoms with E-state index in [0.717, 1.165) is 6.26 Å². The summed E-state index contributed by atoms with van der Waals surface area (Å²) >= 11 is 0. The molecule has 0 spiro atoms. The van der Waals surface area contributed by atoms with Crippen LogP contribution in [0.3, 0.4) is 0 Å². The molecule has 1 aromatic rings. The molecule has 4 N–H and O–H groups in total. The van der Waals surface area contributed by atoms with Gasteiger partial charge in [-0.2, -0.15) is 0 Å². The maximum atomic E-state index is 13.0. The van der Waals surface area contributed by atoms with E-state index in [2.05, 4.69) is 16.0 Å². The van der Waals surface area contributed by atoms with Crippen molar-refractivity contribution in [2.75, 3.05) is 12.0 Å². The zero-order valence-corrected chi connectivity index (χ0v) is 19.3. The molecule has 0 aliphatic heterocycles. The molecule has 0 saturated heterocycles. The van der Waals surface area contributed by atoms with Crippen LogP contribution in [0.2, 0.25) is 0 Å². The van der Waals surface area contributed by atoms with E-state index in [1.54, 1.807) is 6.92 Å². The van der Waals surface area contributed by atoms with Crippen LogP contribution in [0.1, 0.15) is 38.2 Å². The van der Waals surface area contributed by atoms with E-state index in [9.17, 15) is 32.0 Å². The molecule has 0 bridgehead atoms. The number of ketones is 1. The first kappa shape index (κ1) is 27.9. The van der Waals surface area contributed by atoms with Crippen molar-refractivity contribution in [3.63, 3.8) is 0 Å². The predicted octanol–water partition coefficient (Wildman–Crippen LogP) is 0.255. The van der Waals surface area contributed by atoms with Crippen LogP contribution in [-0.2, 0) is 35.6 Å². The Bertz CT molecular complexity index is 965. The average molecular weight is 485 g/mol. The van der Waals surface area contributed by atoms with Gasteiger partial charge in [-0.25, -0.2) is 12.8 Å². The minimum atomic E-state index is -3.41. The quantitative estimate of drug-likeness (QED) is 0.277. The van der Waals surface area contributed by atoms with E-state index in [0.29, 0.717) is 11.8 Å². The standard InChI is InChI=1S/C21H29FN4O6S/c1-3-19(28)25-18(10-11-33(2,31)32)21(30)26-17(9-8-16(27)12-23)20(29)24-13-14-4-6-15(22)7-5-14/h4-7,12,17-18,23H,3,8-11,13H2,1-2H3,(H,24,29)(H,25,28)(H,26,30)/t17-,18-/m0/s1. The number of hydrogen-bond donors (Lipinski definition) is 4. The van der Waals surface area contributed by atoms with E-state index >= 15 is 0 Å². The van der Waals surface area contributed by atoms with Crippen molar-refractivity contribution in [3.8, 4) is 0 Å². The largest absolute Gasteiger partial charge is 0.350 e. The Morgan fingerprint density at radius 2 is 1.64 bits per heavy atom. The summed E-state index contributed by atoms with van der Waals surface area (Å²) in [5, 5.41) is 14.5. The summed E-state index contributed by atoms with van der Waals surface area (Å²) < 4.78 is 36.1. The Labute approximate surface area is 192 Å². The third-order valence-corrected chi connectivity index (χ3v) is 5.58. The van der Waals surface area contributed by atoms with Gasteiger partial charge in [0.15, 0.2) is 5.78 Å². The van der Waals surface area contributed by atoms with E-state index in [4.69, 9.17) is 5.41 Å². The van der Waals surface area contributed by atoms with Crippen molar-refractivity contribution >= 4 is 39.6 Å². The lowest BCUT2D eigenvalue weighted by molar-refractivity contribution is -0.132. The Morgan fingerprint density at radius 1 is 1.03 bits per heavy atom. The monoisotopic (exact) mass is 484 g/mol. The topological polar surface area (TPSA) is 162 Å². The number of carbonyl (C=O) groups excluding carboxylic acids is 4. The molecule has 0 radical (unpaired) electrons. The van der Waals surface area contributed by atoms with Crippen LogP contribution in [0.25, 0.3) is 0 Å². The van der Waals surface area contributed by atoms with Gasteiger partial charge in [-0.05, 0) is 30.5 Å². The lowest BCUT2D eigenvalue weighted by Crippen LogP contribution is -2.54. The highest BCUT2D eigenvalue weighted by Crippen LogP contribution is 2.05. The van der Waals surface area contributed by atoms with Crippen LogP contribution >= 0.6 is 0 Å². The number of sulfone groups is 1. The number of amides is 3. The van der Waals surface area contributed by atoms with Gasteiger partial charge >= 0.3 is 0 Å². The number of Topliss-reactive ketones (excluding diaryl/α,β-unsaturated/α-hetero) is 1. The second-order valence-electron chi connectivity index (χ2n) is 7.45. The third-order valence-electron chi connectivity index (χ3n) is 4.60. The molecule has 0 aliphatic carbocycles. The molecule has 182 valence electrons. The SMILES string of the molecule is CCC(=O)N[C@@H](CCS(C)(=O)=O)C(=O)N[C@@H](CCC(=O)C=N)C(=O)NCc1ccc(F)cc1. The van der Waals surface area contributed by atoms with Crippen LogP contribution in [0.5, 0.6) is 0 Å². The van der Waals surface area contributed by atoms with E-state index in [1.807, 2.05) is 0 Å². The third kappa shape index (κ3) is 11.3. The van der Waals surface area contributed by atoms with Crippen LogP contribution < -0.4 is 16.0 Å². The molecule has 33 heavy (non-hydrogen) atoms. The van der Waals surface area contributed by atoms with Gasteiger partial charge in [0.1, 0.15) is 27.7 Å². The van der Waals surface area contributed by atoms with Crippen molar-refractivity contribution in [2.24, 2.45) is 0 Å². The first-order valence-electron chi connectivity index (χ1n) is 10.3. The van der Waals surface area contributed by atoms with E-state index in [1.165, 1.54) is 24.3 Å². The van der Waals surface area contributed by atoms with Gasteiger partial charge in [0.25, 0.3) is 0 Å². The van der Waals surface area contributed by atoms with Crippen LogP contribution in [0, 0.1) is 11.2 Å². The maximum absolute atomic E-state index is 13.0. The van der Waals surface area contributed by atoms with Crippen molar-refractivity contribution < 1.29 is 32.0 Å². The Hall–Kier alpha value is -3.15. The fourth-order valence-electron chi connectivity index (χ4n) is 2.71. The van der Waals surface area contributed by atoms with E-state index < -0.39 is 51.2 Å². The van der Waals surface area contributed by atoms with Crippen molar-refractivity contribution in [2.45, 2.75) is 51.2 Å². The number of nitrogens with one attached hydrogen (secondary N) is 4. The second-order valence-corrected chi connectivity index (χ2v) is 9.71. The number of rotatable bonds is 14. The van der Waals surface area contributed by atoms with Gasteiger partial charge in [0.05, 0.1) is 12.0 Å². The summed E-state index contributed by atoms with van der Waals surface area (Å²) in [4.78, 5) is 48.8. The lowest BCUT2D eigenvalue weighted by atomic mass is 10.1. The molecule has 2 atom stereocenters. The van der Waals surface area contributed by atoms with Gasteiger partial charge in [-0.15, -0.1) is 0 Å². The van der Waals surface area contributed by atoms with Crippen LogP contribution in [-0.4, -0.2) is 62.2 Å². The molecular formula is C21H29FN4O6S. The van der Waals surface area contributed by atoms with Gasteiger partial charge in [-0.3, -0.25) is 19.2 Å². The molecule has 0 unspecified atom stereocenters. The normalized spacial score (nSPS) is 12.8. The van der Waals surface area contributed by atoms with Crippen molar-refractivity contribution in [3.05, 3.63) is 35.6 Å². The first-order valence-corrected chi connectivity index (χ1v) is 12.3. The molecule has 0 fully saturated rings. The second kappa shape index (κ2) is 13.4. The summed E-state index contributed by atoms with van der Waals surface area (Å²) in [6.07, 6.45) is 1.17. The van der Waals surface area contributed by atoms with E-state index in [-0.39, 0.29) is 38.0 Å². The number of benzene rings is 1. The molecular weight excluding hydrogens is 455 g/mol. The van der Waals surface area contributed by atoms with Crippen LogP contribution in [0.15, 0.2) is 24.3 Å². The van der Waals surface area contributed by atoms with Gasteiger partial charge in [0.2, 0.25) is 17.7 Å². The Kier molecular flexibility index (Phi) is 11.3. The number of halogens is 1. The molecule has 3 amide bonds. The maximum Gasteiger partial charge on any atom is 0.243 e. The fourth-order valence-corrected chi connectivity index (χ4v) is 3.38. The molecule has 0 heterocycles. The smallest absolute Gasteiger partial charge is 0.243 e. The number of carbonyl (C=O) groups is 4. The zero-order valence-electron chi connectivity index (χ0n) is 18.5. The molecule has 1 rings (SSSR count). The first-order chi connectivity index (χ1) is 15.4. The van der Waals surface area contributed by atoms with Crippen molar-refractivity contribution in [1.29, 1.82) is 5.41 Å². The molecule has 0 saturated carbocycles. The zero-order chi connectivity index (χ0) is 25.0. The summed E-state index contributed by atoms with van der Waals surface area (Å²) in [7, 11) is -3.41. The van der Waals surface area contributed by atoms with Crippen LogP contribution in [0.4, 0.5) is 4.39 Å². The lowest BCUT2D eigenvalue weighted by Gasteiger charge is -2.23. The van der Waals surface area contributed by atoms with Crippen molar-refractivity contribution in [1.82, 2.24) is 16.0 Å². The Balaban J connectivity index is 2.93. The van der Waals surface area contributed by atoms with Gasteiger partial charge in [-0.1, -0.05) is 19.1 Å². The average Bonchev–Trinajstić information content (AvgIpc) is 2.77. The molecule has 12 heteroatoms. The summed E-state index contributed by atoms with van der Waals surface area (Å²) in [5.74, 6) is -3.22. The highest BCUT2D eigenvalue weighted by atomic mass is 32.2. The minimum absolute atomic E-state index is 0.0358. The predicted molar refractivity (Wildman–Crippen MR) is 120 cm³/mol. The molecule has 10 nitrogen and oxygen atoms in total.